The Morgan fingerprint density at radius 1 is 1.03 bits per heavy atom. The molecule has 1 aromatic carbocycles. The Kier molecular flexibility index (Phi) is 6.47. The molecular formula is C21H21N5O3. The van der Waals surface area contributed by atoms with Gasteiger partial charge in [-0.15, -0.1) is 0 Å². The molecule has 29 heavy (non-hydrogen) atoms. The van der Waals surface area contributed by atoms with Crippen LogP contribution in [0.15, 0.2) is 67.0 Å². The van der Waals surface area contributed by atoms with Gasteiger partial charge in [0.15, 0.2) is 0 Å². The molecular weight excluding hydrogens is 370 g/mol. The normalized spacial score (nSPS) is 11.5. The molecule has 0 aliphatic rings. The van der Waals surface area contributed by atoms with Crippen LogP contribution in [0, 0.1) is 0 Å². The second-order valence-electron chi connectivity index (χ2n) is 6.46. The number of hydrogen-bond donors (Lipinski definition) is 2. The third kappa shape index (κ3) is 5.58. The highest BCUT2D eigenvalue weighted by atomic mass is 16.2. The molecule has 0 aliphatic carbocycles. The Morgan fingerprint density at radius 2 is 1.79 bits per heavy atom. The van der Waals surface area contributed by atoms with E-state index < -0.39 is 23.6 Å². The number of ketones is 1. The number of aryl methyl sites for hydroxylation is 1. The van der Waals surface area contributed by atoms with E-state index in [0.29, 0.717) is 5.69 Å². The minimum absolute atomic E-state index is 0.123. The minimum atomic E-state index is -1.02. The van der Waals surface area contributed by atoms with E-state index in [0.717, 1.165) is 5.56 Å². The molecule has 0 saturated carbocycles. The van der Waals surface area contributed by atoms with Crippen LogP contribution in [0.2, 0.25) is 0 Å². The third-order valence-corrected chi connectivity index (χ3v) is 4.23. The topological polar surface area (TPSA) is 106 Å². The van der Waals surface area contributed by atoms with Gasteiger partial charge in [0, 0.05) is 25.9 Å². The Balaban J connectivity index is 1.71. The first-order valence-electron chi connectivity index (χ1n) is 9.09. The summed E-state index contributed by atoms with van der Waals surface area (Å²) < 4.78 is 1.49. The summed E-state index contributed by atoms with van der Waals surface area (Å²) in [5.74, 6) is -2.02. The average Bonchev–Trinajstić information content (AvgIpc) is 3.19. The first-order chi connectivity index (χ1) is 14.0. The maximum absolute atomic E-state index is 12.8. The molecule has 8 heteroatoms. The van der Waals surface area contributed by atoms with Gasteiger partial charge in [-0.05, 0) is 23.8 Å². The number of nitrogens with zero attached hydrogens (tertiary/aromatic N) is 3. The standard InChI is InChI=1S/C21H21N5O3/c1-26-12-10-17(25-26)20(28)24-18(13-15-7-3-2-4-8-15)19(27)21(29)23-14-16-9-5-6-11-22-16/h2-12,18H,13-14H2,1H3,(H,23,29)(H,24,28). The zero-order chi connectivity index (χ0) is 20.6. The third-order valence-electron chi connectivity index (χ3n) is 4.23. The van der Waals surface area contributed by atoms with Crippen molar-refractivity contribution in [1.29, 1.82) is 0 Å². The molecule has 3 aromatic rings. The molecule has 0 aliphatic heterocycles. The van der Waals surface area contributed by atoms with Crippen molar-refractivity contribution in [3.63, 3.8) is 0 Å². The number of carbonyl (C=O) groups is 3. The summed E-state index contributed by atoms with van der Waals surface area (Å²) in [5, 5.41) is 9.23. The highest BCUT2D eigenvalue weighted by Crippen LogP contribution is 2.06. The lowest BCUT2D eigenvalue weighted by Crippen LogP contribution is -2.48. The molecule has 3 rings (SSSR count). The molecule has 0 saturated heterocycles. The molecule has 0 bridgehead atoms. The Morgan fingerprint density at radius 3 is 2.45 bits per heavy atom. The monoisotopic (exact) mass is 391 g/mol. The van der Waals surface area contributed by atoms with E-state index in [2.05, 4.69) is 20.7 Å². The van der Waals surface area contributed by atoms with Crippen molar-refractivity contribution in [3.8, 4) is 0 Å². The van der Waals surface area contributed by atoms with Crippen LogP contribution in [-0.2, 0) is 29.6 Å². The first-order valence-corrected chi connectivity index (χ1v) is 9.09. The molecule has 148 valence electrons. The van der Waals surface area contributed by atoms with E-state index in [1.807, 2.05) is 30.3 Å². The van der Waals surface area contributed by atoms with Crippen LogP contribution in [0.25, 0.3) is 0 Å². The summed E-state index contributed by atoms with van der Waals surface area (Å²) in [6.07, 6.45) is 3.42. The van der Waals surface area contributed by atoms with Gasteiger partial charge < -0.3 is 10.6 Å². The smallest absolute Gasteiger partial charge is 0.289 e. The van der Waals surface area contributed by atoms with Crippen molar-refractivity contribution in [3.05, 3.63) is 83.9 Å². The van der Waals surface area contributed by atoms with Crippen LogP contribution >= 0.6 is 0 Å². The predicted octanol–water partition coefficient (Wildman–Crippen LogP) is 1.04. The Bertz CT molecular complexity index is 986. The van der Waals surface area contributed by atoms with Gasteiger partial charge in [-0.2, -0.15) is 5.10 Å². The molecule has 2 heterocycles. The van der Waals surface area contributed by atoms with Gasteiger partial charge >= 0.3 is 0 Å². The maximum atomic E-state index is 12.8. The lowest BCUT2D eigenvalue weighted by Gasteiger charge is -2.17. The number of pyridine rings is 1. The summed E-state index contributed by atoms with van der Waals surface area (Å²) in [6, 6.07) is 15.0. The fourth-order valence-corrected chi connectivity index (χ4v) is 2.75. The van der Waals surface area contributed by atoms with Crippen molar-refractivity contribution in [2.24, 2.45) is 7.05 Å². The number of Topliss-reactive ketones (excluding diaryl/α,β-unsaturated/α-hetero) is 1. The molecule has 2 aromatic heterocycles. The summed E-state index contributed by atoms with van der Waals surface area (Å²) >= 11 is 0. The van der Waals surface area contributed by atoms with Crippen molar-refractivity contribution >= 4 is 17.6 Å². The molecule has 2 amide bonds. The number of hydrogen-bond acceptors (Lipinski definition) is 5. The van der Waals surface area contributed by atoms with Gasteiger partial charge in [-0.25, -0.2) is 0 Å². The van der Waals surface area contributed by atoms with Crippen molar-refractivity contribution < 1.29 is 14.4 Å². The lowest BCUT2D eigenvalue weighted by atomic mass is 10.0. The summed E-state index contributed by atoms with van der Waals surface area (Å²) in [6.45, 7) is 0.123. The molecule has 2 N–H and O–H groups in total. The average molecular weight is 391 g/mol. The highest BCUT2D eigenvalue weighted by Gasteiger charge is 2.28. The van der Waals surface area contributed by atoms with Crippen LogP contribution < -0.4 is 10.6 Å². The number of amides is 2. The van der Waals surface area contributed by atoms with Gasteiger partial charge in [0.05, 0.1) is 12.2 Å². The SMILES string of the molecule is Cn1ccc(C(=O)NC(Cc2ccccc2)C(=O)C(=O)NCc2ccccn2)n1. The highest BCUT2D eigenvalue weighted by molar-refractivity contribution is 6.38. The van der Waals surface area contributed by atoms with Gasteiger partial charge in [0.2, 0.25) is 5.78 Å². The minimum Gasteiger partial charge on any atom is -0.344 e. The van der Waals surface area contributed by atoms with E-state index in [1.54, 1.807) is 43.7 Å². The molecule has 1 unspecified atom stereocenters. The van der Waals surface area contributed by atoms with Crippen LogP contribution in [0.3, 0.4) is 0 Å². The molecule has 0 radical (unpaired) electrons. The fraction of sp³-hybridized carbons (Fsp3) is 0.190. The maximum Gasteiger partial charge on any atom is 0.289 e. The van der Waals surface area contributed by atoms with E-state index in [9.17, 15) is 14.4 Å². The van der Waals surface area contributed by atoms with Crippen LogP contribution in [0.4, 0.5) is 0 Å². The Labute approximate surface area is 168 Å². The van der Waals surface area contributed by atoms with Crippen molar-refractivity contribution in [2.45, 2.75) is 19.0 Å². The lowest BCUT2D eigenvalue weighted by molar-refractivity contribution is -0.139. The van der Waals surface area contributed by atoms with E-state index in [-0.39, 0.29) is 18.7 Å². The second kappa shape index (κ2) is 9.41. The number of benzene rings is 1. The largest absolute Gasteiger partial charge is 0.344 e. The second-order valence-corrected chi connectivity index (χ2v) is 6.46. The molecule has 0 spiro atoms. The first kappa shape index (κ1) is 19.9. The number of nitrogens with one attached hydrogen (secondary N) is 2. The summed E-state index contributed by atoms with van der Waals surface area (Å²) in [4.78, 5) is 41.8. The van der Waals surface area contributed by atoms with E-state index >= 15 is 0 Å². The summed E-state index contributed by atoms with van der Waals surface area (Å²) in [7, 11) is 1.69. The molecule has 8 nitrogen and oxygen atoms in total. The fourth-order valence-electron chi connectivity index (χ4n) is 2.75. The van der Waals surface area contributed by atoms with Gasteiger partial charge in [0.25, 0.3) is 11.8 Å². The van der Waals surface area contributed by atoms with Gasteiger partial charge in [-0.3, -0.25) is 24.0 Å². The van der Waals surface area contributed by atoms with Crippen LogP contribution in [0.1, 0.15) is 21.7 Å². The number of rotatable bonds is 8. The van der Waals surface area contributed by atoms with Crippen molar-refractivity contribution in [1.82, 2.24) is 25.4 Å². The van der Waals surface area contributed by atoms with Crippen LogP contribution in [-0.4, -0.2) is 38.4 Å². The van der Waals surface area contributed by atoms with Gasteiger partial charge in [-0.1, -0.05) is 36.4 Å². The zero-order valence-electron chi connectivity index (χ0n) is 15.9. The van der Waals surface area contributed by atoms with Gasteiger partial charge in [0.1, 0.15) is 11.7 Å². The van der Waals surface area contributed by atoms with Crippen LogP contribution in [0.5, 0.6) is 0 Å². The predicted molar refractivity (Wildman–Crippen MR) is 106 cm³/mol. The number of carbonyl (C=O) groups excluding carboxylic acids is 3. The Hall–Kier alpha value is -3.81. The number of aromatic nitrogens is 3. The van der Waals surface area contributed by atoms with E-state index in [1.165, 1.54) is 4.68 Å². The quantitative estimate of drug-likeness (QED) is 0.558. The zero-order valence-corrected chi connectivity index (χ0v) is 15.9. The molecule has 1 atom stereocenters. The van der Waals surface area contributed by atoms with Crippen molar-refractivity contribution in [2.75, 3.05) is 0 Å². The molecule has 0 fully saturated rings. The summed E-state index contributed by atoms with van der Waals surface area (Å²) in [5.41, 5.74) is 1.63. The van der Waals surface area contributed by atoms with E-state index in [4.69, 9.17) is 0 Å².